The van der Waals surface area contributed by atoms with Gasteiger partial charge in [0.05, 0.1) is 0 Å². The molecule has 3 atom stereocenters. The molecule has 0 bridgehead atoms. The fourth-order valence-corrected chi connectivity index (χ4v) is 4.29. The third-order valence-electron chi connectivity index (χ3n) is 6.52. The van der Waals surface area contributed by atoms with E-state index in [4.69, 9.17) is 4.74 Å². The van der Waals surface area contributed by atoms with Crippen LogP contribution in [0, 0.1) is 19.8 Å². The number of nitrogens with zero attached hydrogens (tertiary/aromatic N) is 1. The predicted molar refractivity (Wildman–Crippen MR) is 139 cm³/mol. The molecular formula is C28H45N3O4. The molecule has 7 nitrogen and oxygen atoms in total. The van der Waals surface area contributed by atoms with Crippen molar-refractivity contribution in [1.29, 1.82) is 0 Å². The summed E-state index contributed by atoms with van der Waals surface area (Å²) in [5.74, 6) is -0.527. The lowest BCUT2D eigenvalue weighted by molar-refractivity contribution is -0.144. The van der Waals surface area contributed by atoms with E-state index in [1.807, 2.05) is 45.9 Å². The van der Waals surface area contributed by atoms with Gasteiger partial charge in [0, 0.05) is 12.6 Å². The van der Waals surface area contributed by atoms with Crippen LogP contribution in [0.25, 0.3) is 0 Å². The first-order chi connectivity index (χ1) is 16.4. The topological polar surface area (TPSA) is 87.7 Å². The van der Waals surface area contributed by atoms with Crippen LogP contribution in [0.4, 0.5) is 4.79 Å². The van der Waals surface area contributed by atoms with E-state index in [0.29, 0.717) is 13.0 Å². The fraction of sp³-hybridized carbons (Fsp3) is 0.679. The zero-order chi connectivity index (χ0) is 26.3. The first kappa shape index (κ1) is 28.7. The second-order valence-electron chi connectivity index (χ2n) is 10.8. The summed E-state index contributed by atoms with van der Waals surface area (Å²) in [6.07, 6.45) is 3.60. The molecule has 1 fully saturated rings. The minimum Gasteiger partial charge on any atom is -0.444 e. The van der Waals surface area contributed by atoms with Crippen LogP contribution in [0.15, 0.2) is 18.2 Å². The number of ether oxygens (including phenoxy) is 1. The number of alkyl carbamates (subject to hydrolysis) is 1. The van der Waals surface area contributed by atoms with Crippen LogP contribution in [0.2, 0.25) is 0 Å². The molecule has 1 aromatic carbocycles. The minimum absolute atomic E-state index is 0.0320. The summed E-state index contributed by atoms with van der Waals surface area (Å²) in [5, 5.41) is 5.89. The molecule has 196 valence electrons. The Bertz CT molecular complexity index is 868. The minimum atomic E-state index is -0.786. The molecule has 7 heteroatoms. The lowest BCUT2D eigenvalue weighted by atomic mass is 9.91. The number of benzene rings is 1. The van der Waals surface area contributed by atoms with Gasteiger partial charge in [-0.3, -0.25) is 9.59 Å². The van der Waals surface area contributed by atoms with Crippen molar-refractivity contribution >= 4 is 17.9 Å². The van der Waals surface area contributed by atoms with E-state index >= 15 is 0 Å². The highest BCUT2D eigenvalue weighted by Gasteiger charge is 2.45. The zero-order valence-corrected chi connectivity index (χ0v) is 22.9. The molecule has 3 unspecified atom stereocenters. The Kier molecular flexibility index (Phi) is 10.2. The highest BCUT2D eigenvalue weighted by Crippen LogP contribution is 2.38. The van der Waals surface area contributed by atoms with E-state index in [1.165, 1.54) is 0 Å². The first-order valence-corrected chi connectivity index (χ1v) is 13.1. The van der Waals surface area contributed by atoms with Crippen molar-refractivity contribution in [2.45, 2.75) is 111 Å². The van der Waals surface area contributed by atoms with Gasteiger partial charge in [-0.05, 0) is 76.5 Å². The van der Waals surface area contributed by atoms with Gasteiger partial charge in [-0.2, -0.15) is 0 Å². The van der Waals surface area contributed by atoms with Gasteiger partial charge in [-0.15, -0.1) is 0 Å². The molecule has 3 amide bonds. The van der Waals surface area contributed by atoms with Crippen molar-refractivity contribution < 1.29 is 19.1 Å². The fourth-order valence-electron chi connectivity index (χ4n) is 4.29. The Labute approximate surface area is 211 Å². The van der Waals surface area contributed by atoms with Crippen LogP contribution in [0.5, 0.6) is 0 Å². The largest absolute Gasteiger partial charge is 0.444 e. The van der Waals surface area contributed by atoms with E-state index < -0.39 is 23.8 Å². The summed E-state index contributed by atoms with van der Waals surface area (Å²) in [6, 6.07) is 4.36. The predicted octanol–water partition coefficient (Wildman–Crippen LogP) is 5.19. The van der Waals surface area contributed by atoms with Crippen molar-refractivity contribution in [3.05, 3.63) is 34.9 Å². The van der Waals surface area contributed by atoms with Crippen molar-refractivity contribution in [2.24, 2.45) is 5.92 Å². The van der Waals surface area contributed by atoms with Crippen LogP contribution < -0.4 is 10.6 Å². The number of hydrogen-bond acceptors (Lipinski definition) is 4. The lowest BCUT2D eigenvalue weighted by Gasteiger charge is -2.37. The average Bonchev–Trinajstić information content (AvgIpc) is 3.59. The number of unbranched alkanes of at least 4 members (excludes halogenated alkanes) is 1. The summed E-state index contributed by atoms with van der Waals surface area (Å²) in [5.41, 5.74) is 2.13. The monoisotopic (exact) mass is 487 g/mol. The normalized spacial score (nSPS) is 16.1. The van der Waals surface area contributed by atoms with E-state index in [9.17, 15) is 14.4 Å². The second kappa shape index (κ2) is 12.4. The second-order valence-corrected chi connectivity index (χ2v) is 10.8. The quantitative estimate of drug-likeness (QED) is 0.421. The number of carbonyl (C=O) groups excluding carboxylic acids is 3. The lowest BCUT2D eigenvalue weighted by Crippen LogP contribution is -2.56. The number of hydrogen-bond donors (Lipinski definition) is 2. The van der Waals surface area contributed by atoms with Crippen LogP contribution in [0.3, 0.4) is 0 Å². The van der Waals surface area contributed by atoms with Gasteiger partial charge in [-0.1, -0.05) is 51.8 Å². The molecule has 0 radical (unpaired) electrons. The van der Waals surface area contributed by atoms with Gasteiger partial charge in [0.1, 0.15) is 17.7 Å². The smallest absolute Gasteiger partial charge is 0.408 e. The van der Waals surface area contributed by atoms with Crippen LogP contribution in [-0.2, 0) is 14.3 Å². The Morgan fingerprint density at radius 2 is 1.71 bits per heavy atom. The SMILES string of the molecule is CCCCNC(=O)C(c1c(C)cccc1C)N(C(=O)C(NC(=O)OC(C)(C)C)C(C)CC)C1CC1. The van der Waals surface area contributed by atoms with Gasteiger partial charge < -0.3 is 20.3 Å². The zero-order valence-electron chi connectivity index (χ0n) is 22.9. The maximum atomic E-state index is 14.2. The van der Waals surface area contributed by atoms with E-state index in [1.54, 1.807) is 25.7 Å². The van der Waals surface area contributed by atoms with Crippen molar-refractivity contribution in [3.63, 3.8) is 0 Å². The van der Waals surface area contributed by atoms with Crippen LogP contribution >= 0.6 is 0 Å². The summed E-state index contributed by atoms with van der Waals surface area (Å²) >= 11 is 0. The highest BCUT2D eigenvalue weighted by atomic mass is 16.6. The molecule has 0 spiro atoms. The standard InChI is InChI=1S/C28H45N3O4/c1-9-11-17-29-25(32)24(22-19(4)13-12-14-20(22)5)31(21-15-16-21)26(33)23(18(3)10-2)30-27(34)35-28(6,7)8/h12-14,18,21,23-24H,9-11,15-17H2,1-8H3,(H,29,32)(H,30,34). The van der Waals surface area contributed by atoms with Crippen molar-refractivity contribution in [1.82, 2.24) is 15.5 Å². The molecule has 0 aromatic heterocycles. The van der Waals surface area contributed by atoms with Crippen LogP contribution in [0.1, 0.15) is 96.4 Å². The average molecular weight is 488 g/mol. The van der Waals surface area contributed by atoms with Gasteiger partial charge in [0.15, 0.2) is 0 Å². The van der Waals surface area contributed by atoms with E-state index in [-0.39, 0.29) is 23.8 Å². The van der Waals surface area contributed by atoms with Gasteiger partial charge >= 0.3 is 6.09 Å². The van der Waals surface area contributed by atoms with Gasteiger partial charge in [0.25, 0.3) is 0 Å². The Hall–Kier alpha value is -2.57. The number of nitrogens with one attached hydrogen (secondary N) is 2. The molecule has 1 saturated carbocycles. The molecule has 1 aromatic rings. The molecule has 35 heavy (non-hydrogen) atoms. The summed E-state index contributed by atoms with van der Waals surface area (Å²) in [7, 11) is 0. The maximum absolute atomic E-state index is 14.2. The van der Waals surface area contributed by atoms with Crippen LogP contribution in [-0.4, -0.2) is 47.0 Å². The molecule has 0 saturated heterocycles. The van der Waals surface area contributed by atoms with Gasteiger partial charge in [0.2, 0.25) is 11.8 Å². The number of amides is 3. The van der Waals surface area contributed by atoms with Gasteiger partial charge in [-0.25, -0.2) is 4.79 Å². The third-order valence-corrected chi connectivity index (χ3v) is 6.52. The molecule has 2 rings (SSSR count). The molecule has 0 heterocycles. The van der Waals surface area contributed by atoms with E-state index in [0.717, 1.165) is 42.4 Å². The Morgan fingerprint density at radius 3 is 2.20 bits per heavy atom. The third kappa shape index (κ3) is 7.97. The number of rotatable bonds is 11. The summed E-state index contributed by atoms with van der Waals surface area (Å²) in [4.78, 5) is 42.2. The maximum Gasteiger partial charge on any atom is 0.408 e. The highest BCUT2D eigenvalue weighted by molar-refractivity contribution is 5.93. The summed E-state index contributed by atoms with van der Waals surface area (Å²) in [6.45, 7) is 15.9. The Morgan fingerprint density at radius 1 is 1.11 bits per heavy atom. The Balaban J connectivity index is 2.49. The molecule has 1 aliphatic rings. The molecular weight excluding hydrogens is 442 g/mol. The van der Waals surface area contributed by atoms with Crippen molar-refractivity contribution in [2.75, 3.05) is 6.54 Å². The van der Waals surface area contributed by atoms with E-state index in [2.05, 4.69) is 17.6 Å². The molecule has 0 aliphatic heterocycles. The first-order valence-electron chi connectivity index (χ1n) is 13.1. The molecule has 1 aliphatic carbocycles. The number of aryl methyl sites for hydroxylation is 2. The van der Waals surface area contributed by atoms with Crippen molar-refractivity contribution in [3.8, 4) is 0 Å². The number of carbonyl (C=O) groups is 3. The summed E-state index contributed by atoms with van der Waals surface area (Å²) < 4.78 is 5.47. The molecule has 2 N–H and O–H groups in total.